The van der Waals surface area contributed by atoms with Gasteiger partial charge >= 0.3 is 0 Å². The van der Waals surface area contributed by atoms with Gasteiger partial charge in [0, 0.05) is 13.7 Å². The molecule has 0 aliphatic carbocycles. The van der Waals surface area contributed by atoms with Crippen molar-refractivity contribution in [3.63, 3.8) is 0 Å². The fourth-order valence-electron chi connectivity index (χ4n) is 1.14. The lowest BCUT2D eigenvalue weighted by Crippen LogP contribution is -2.27. The fraction of sp³-hybridized carbons (Fsp3) is 0.400. The van der Waals surface area contributed by atoms with E-state index in [-0.39, 0.29) is 5.91 Å². The van der Waals surface area contributed by atoms with Gasteiger partial charge in [-0.15, -0.1) is 0 Å². The molecule has 1 aromatic heterocycles. The van der Waals surface area contributed by atoms with Crippen LogP contribution in [0.25, 0.3) is 0 Å². The molecule has 0 aliphatic heterocycles. The predicted molar refractivity (Wildman–Crippen MR) is 57.6 cm³/mol. The van der Waals surface area contributed by atoms with Gasteiger partial charge in [-0.2, -0.15) is 0 Å². The Morgan fingerprint density at radius 3 is 3.07 bits per heavy atom. The quantitative estimate of drug-likeness (QED) is 0.701. The van der Waals surface area contributed by atoms with Gasteiger partial charge in [-0.25, -0.2) is 0 Å². The first-order valence-electron chi connectivity index (χ1n) is 4.64. The number of hydrogen-bond acceptors (Lipinski definition) is 4. The van der Waals surface area contributed by atoms with Crippen LogP contribution < -0.4 is 11.1 Å². The first-order valence-corrected chi connectivity index (χ1v) is 4.64. The molecule has 0 aromatic carbocycles. The van der Waals surface area contributed by atoms with Crippen LogP contribution in [0.15, 0.2) is 12.3 Å². The number of ether oxygens (including phenoxy) is 1. The minimum Gasteiger partial charge on any atom is -0.397 e. The lowest BCUT2D eigenvalue weighted by Gasteiger charge is -2.07. The highest BCUT2D eigenvalue weighted by atomic mass is 16.5. The molecule has 0 bridgehead atoms. The Bertz CT molecular complexity index is 353. The molecule has 0 radical (unpaired) electrons. The van der Waals surface area contributed by atoms with Crippen LogP contribution in [0.4, 0.5) is 5.69 Å². The van der Waals surface area contributed by atoms with Crippen molar-refractivity contribution in [1.82, 2.24) is 10.3 Å². The number of rotatable bonds is 4. The number of nitrogens with one attached hydrogen (secondary N) is 1. The Labute approximate surface area is 88.6 Å². The van der Waals surface area contributed by atoms with Crippen molar-refractivity contribution in [2.24, 2.45) is 0 Å². The normalized spacial score (nSPS) is 10.0. The van der Waals surface area contributed by atoms with E-state index in [0.717, 1.165) is 0 Å². The molecule has 0 aliphatic rings. The van der Waals surface area contributed by atoms with E-state index in [1.165, 1.54) is 6.20 Å². The topological polar surface area (TPSA) is 77.2 Å². The number of anilines is 1. The second kappa shape index (κ2) is 5.31. The Balaban J connectivity index is 2.68. The summed E-state index contributed by atoms with van der Waals surface area (Å²) in [5, 5.41) is 2.71. The van der Waals surface area contributed by atoms with Crippen molar-refractivity contribution in [2.75, 3.05) is 26.0 Å². The molecular weight excluding hydrogens is 194 g/mol. The first kappa shape index (κ1) is 11.5. The zero-order chi connectivity index (χ0) is 11.3. The molecular formula is C10H15N3O2. The van der Waals surface area contributed by atoms with Crippen molar-refractivity contribution in [1.29, 1.82) is 0 Å². The summed E-state index contributed by atoms with van der Waals surface area (Å²) in [6, 6.07) is 1.62. The molecule has 82 valence electrons. The maximum atomic E-state index is 11.6. The number of hydrogen-bond donors (Lipinski definition) is 2. The number of amides is 1. The van der Waals surface area contributed by atoms with E-state index < -0.39 is 0 Å². The predicted octanol–water partition coefficient (Wildman–Crippen LogP) is 0.348. The third-order valence-electron chi connectivity index (χ3n) is 1.94. The Morgan fingerprint density at radius 1 is 1.67 bits per heavy atom. The summed E-state index contributed by atoms with van der Waals surface area (Å²) in [6.45, 7) is 2.73. The molecule has 0 atom stereocenters. The molecule has 0 saturated carbocycles. The van der Waals surface area contributed by atoms with Crippen LogP contribution in [0.2, 0.25) is 0 Å². The van der Waals surface area contributed by atoms with Crippen LogP contribution in [0.3, 0.4) is 0 Å². The standard InChI is InChI=1S/C10H15N3O2/c1-7-9(5-8(11)6-13-7)10(14)12-3-4-15-2/h5-6H,3-4,11H2,1-2H3,(H,12,14). The Hall–Kier alpha value is -1.62. The van der Waals surface area contributed by atoms with E-state index >= 15 is 0 Å². The second-order valence-corrected chi connectivity index (χ2v) is 3.15. The van der Waals surface area contributed by atoms with Gasteiger partial charge in [0.25, 0.3) is 5.91 Å². The SMILES string of the molecule is COCCNC(=O)c1cc(N)cnc1C. The van der Waals surface area contributed by atoms with Crippen molar-refractivity contribution >= 4 is 11.6 Å². The van der Waals surface area contributed by atoms with E-state index in [1.807, 2.05) is 0 Å². The summed E-state index contributed by atoms with van der Waals surface area (Å²) in [6.07, 6.45) is 1.53. The Kier molecular flexibility index (Phi) is 4.05. The number of aromatic nitrogens is 1. The van der Waals surface area contributed by atoms with Gasteiger partial charge in [0.05, 0.1) is 29.7 Å². The highest BCUT2D eigenvalue weighted by Gasteiger charge is 2.09. The number of nitrogens with zero attached hydrogens (tertiary/aromatic N) is 1. The van der Waals surface area contributed by atoms with E-state index in [9.17, 15) is 4.79 Å². The van der Waals surface area contributed by atoms with Crippen LogP contribution in [-0.4, -0.2) is 31.2 Å². The molecule has 5 nitrogen and oxygen atoms in total. The number of methoxy groups -OCH3 is 1. The van der Waals surface area contributed by atoms with Gasteiger partial charge < -0.3 is 15.8 Å². The van der Waals surface area contributed by atoms with E-state index in [4.69, 9.17) is 10.5 Å². The lowest BCUT2D eigenvalue weighted by atomic mass is 10.2. The van der Waals surface area contributed by atoms with Crippen molar-refractivity contribution in [3.05, 3.63) is 23.5 Å². The van der Waals surface area contributed by atoms with Crippen LogP contribution in [0.5, 0.6) is 0 Å². The molecule has 15 heavy (non-hydrogen) atoms. The third kappa shape index (κ3) is 3.21. The molecule has 5 heteroatoms. The molecule has 0 saturated heterocycles. The van der Waals surface area contributed by atoms with Crippen LogP contribution in [0, 0.1) is 6.92 Å². The second-order valence-electron chi connectivity index (χ2n) is 3.15. The highest BCUT2D eigenvalue weighted by Crippen LogP contribution is 2.08. The summed E-state index contributed by atoms with van der Waals surface area (Å²) < 4.78 is 4.83. The van der Waals surface area contributed by atoms with E-state index in [1.54, 1.807) is 20.1 Å². The molecule has 1 rings (SSSR count). The molecule has 1 amide bonds. The van der Waals surface area contributed by atoms with Gasteiger partial charge in [0.2, 0.25) is 0 Å². The van der Waals surface area contributed by atoms with Crippen molar-refractivity contribution < 1.29 is 9.53 Å². The number of pyridine rings is 1. The average molecular weight is 209 g/mol. The minimum atomic E-state index is -0.177. The number of aryl methyl sites for hydroxylation is 1. The van der Waals surface area contributed by atoms with E-state index in [0.29, 0.717) is 30.1 Å². The molecule has 3 N–H and O–H groups in total. The van der Waals surface area contributed by atoms with Gasteiger partial charge in [-0.05, 0) is 13.0 Å². The van der Waals surface area contributed by atoms with Crippen molar-refractivity contribution in [2.45, 2.75) is 6.92 Å². The summed E-state index contributed by atoms with van der Waals surface area (Å²) >= 11 is 0. The number of nitrogens with two attached hydrogens (primary N) is 1. The zero-order valence-electron chi connectivity index (χ0n) is 8.91. The highest BCUT2D eigenvalue weighted by molar-refractivity contribution is 5.95. The summed E-state index contributed by atoms with van der Waals surface area (Å²) in [5.74, 6) is -0.177. The molecule has 1 heterocycles. The third-order valence-corrected chi connectivity index (χ3v) is 1.94. The molecule has 0 unspecified atom stereocenters. The zero-order valence-corrected chi connectivity index (χ0v) is 8.91. The monoisotopic (exact) mass is 209 g/mol. The largest absolute Gasteiger partial charge is 0.397 e. The fourth-order valence-corrected chi connectivity index (χ4v) is 1.14. The number of nitrogen functional groups attached to an aromatic ring is 1. The van der Waals surface area contributed by atoms with Crippen LogP contribution in [-0.2, 0) is 4.74 Å². The lowest BCUT2D eigenvalue weighted by molar-refractivity contribution is 0.0936. The molecule has 0 fully saturated rings. The molecule has 0 spiro atoms. The average Bonchev–Trinajstić information content (AvgIpc) is 2.22. The summed E-state index contributed by atoms with van der Waals surface area (Å²) in [5.41, 5.74) is 7.21. The Morgan fingerprint density at radius 2 is 2.40 bits per heavy atom. The number of carbonyl (C=O) groups is 1. The maximum Gasteiger partial charge on any atom is 0.253 e. The molecule has 1 aromatic rings. The minimum absolute atomic E-state index is 0.177. The van der Waals surface area contributed by atoms with E-state index in [2.05, 4.69) is 10.3 Å². The van der Waals surface area contributed by atoms with Crippen LogP contribution in [0.1, 0.15) is 16.1 Å². The van der Waals surface area contributed by atoms with Gasteiger partial charge in [0.15, 0.2) is 0 Å². The van der Waals surface area contributed by atoms with Gasteiger partial charge in [0.1, 0.15) is 0 Å². The van der Waals surface area contributed by atoms with Crippen LogP contribution >= 0.6 is 0 Å². The maximum absolute atomic E-state index is 11.6. The first-order chi connectivity index (χ1) is 7.15. The smallest absolute Gasteiger partial charge is 0.253 e. The number of carbonyl (C=O) groups excluding carboxylic acids is 1. The van der Waals surface area contributed by atoms with Crippen molar-refractivity contribution in [3.8, 4) is 0 Å². The van der Waals surface area contributed by atoms with Gasteiger partial charge in [-0.1, -0.05) is 0 Å². The summed E-state index contributed by atoms with van der Waals surface area (Å²) in [4.78, 5) is 15.6. The van der Waals surface area contributed by atoms with Gasteiger partial charge in [-0.3, -0.25) is 9.78 Å². The summed E-state index contributed by atoms with van der Waals surface area (Å²) in [7, 11) is 1.58.